The minimum absolute atomic E-state index is 0.120. The molecule has 100 valence electrons. The molecule has 1 heterocycles. The van der Waals surface area contributed by atoms with Crippen molar-refractivity contribution in [3.63, 3.8) is 0 Å². The Hall–Kier alpha value is -0.650. The van der Waals surface area contributed by atoms with Gasteiger partial charge in [-0.15, -0.1) is 0 Å². The molecule has 1 aliphatic rings. The molecule has 0 aliphatic carbocycles. The molecule has 3 N–H and O–H groups in total. The van der Waals surface area contributed by atoms with Gasteiger partial charge in [-0.25, -0.2) is 0 Å². The molecule has 1 amide bonds. The second kappa shape index (κ2) is 6.93. The van der Waals surface area contributed by atoms with Crippen LogP contribution in [0.5, 0.6) is 0 Å². The van der Waals surface area contributed by atoms with Crippen molar-refractivity contribution < 1.29 is 4.79 Å². The standard InChI is InChI=1S/C12H26N4O/c1-10(15(2)3)8-14-12(17)9-16-6-4-11(13)5-7-16/h10-11H,4-9,13H2,1-3H3,(H,14,17). The second-order valence-corrected chi connectivity index (χ2v) is 5.23. The Morgan fingerprint density at radius 1 is 1.47 bits per heavy atom. The van der Waals surface area contributed by atoms with Gasteiger partial charge in [-0.3, -0.25) is 9.69 Å². The number of hydrogen-bond donors (Lipinski definition) is 2. The summed E-state index contributed by atoms with van der Waals surface area (Å²) in [5.74, 6) is 0.120. The molecular formula is C12H26N4O. The number of nitrogens with one attached hydrogen (secondary N) is 1. The largest absolute Gasteiger partial charge is 0.353 e. The van der Waals surface area contributed by atoms with Gasteiger partial charge in [0.05, 0.1) is 6.54 Å². The smallest absolute Gasteiger partial charge is 0.234 e. The van der Waals surface area contributed by atoms with Crippen LogP contribution in [0.25, 0.3) is 0 Å². The molecular weight excluding hydrogens is 216 g/mol. The van der Waals surface area contributed by atoms with Crippen molar-refractivity contribution in [2.75, 3.05) is 40.3 Å². The third-order valence-corrected chi connectivity index (χ3v) is 3.48. The predicted molar refractivity (Wildman–Crippen MR) is 69.8 cm³/mol. The van der Waals surface area contributed by atoms with Gasteiger partial charge in [-0.2, -0.15) is 0 Å². The Kier molecular flexibility index (Phi) is 5.88. The lowest BCUT2D eigenvalue weighted by atomic mass is 10.1. The Balaban J connectivity index is 2.16. The van der Waals surface area contributed by atoms with E-state index in [0.717, 1.165) is 25.9 Å². The average molecular weight is 242 g/mol. The lowest BCUT2D eigenvalue weighted by molar-refractivity contribution is -0.122. The van der Waals surface area contributed by atoms with Crippen molar-refractivity contribution in [3.8, 4) is 0 Å². The van der Waals surface area contributed by atoms with Crippen LogP contribution in [-0.2, 0) is 4.79 Å². The van der Waals surface area contributed by atoms with Crippen LogP contribution in [0.3, 0.4) is 0 Å². The van der Waals surface area contributed by atoms with E-state index in [-0.39, 0.29) is 5.91 Å². The van der Waals surface area contributed by atoms with Gasteiger partial charge in [0.2, 0.25) is 5.91 Å². The fraction of sp³-hybridized carbons (Fsp3) is 0.917. The fourth-order valence-corrected chi connectivity index (χ4v) is 1.81. The molecule has 17 heavy (non-hydrogen) atoms. The van der Waals surface area contributed by atoms with Crippen LogP contribution in [0, 0.1) is 0 Å². The van der Waals surface area contributed by atoms with Gasteiger partial charge in [-0.1, -0.05) is 0 Å². The number of likely N-dealkylation sites (N-methyl/N-ethyl adjacent to an activating group) is 1. The average Bonchev–Trinajstić information content (AvgIpc) is 2.29. The van der Waals surface area contributed by atoms with E-state index in [4.69, 9.17) is 5.73 Å². The van der Waals surface area contributed by atoms with Gasteiger partial charge >= 0.3 is 0 Å². The first-order valence-electron chi connectivity index (χ1n) is 6.40. The van der Waals surface area contributed by atoms with E-state index >= 15 is 0 Å². The summed E-state index contributed by atoms with van der Waals surface area (Å²) in [6, 6.07) is 0.691. The van der Waals surface area contributed by atoms with Crippen molar-refractivity contribution in [2.45, 2.75) is 31.8 Å². The summed E-state index contributed by atoms with van der Waals surface area (Å²) in [6.45, 7) is 5.20. The van der Waals surface area contributed by atoms with Crippen LogP contribution in [-0.4, -0.2) is 68.1 Å². The number of nitrogens with two attached hydrogens (primary N) is 1. The maximum Gasteiger partial charge on any atom is 0.234 e. The zero-order valence-electron chi connectivity index (χ0n) is 11.3. The third kappa shape index (κ3) is 5.48. The van der Waals surface area contributed by atoms with Crippen LogP contribution in [0.15, 0.2) is 0 Å². The van der Waals surface area contributed by atoms with Gasteiger partial charge < -0.3 is 16.0 Å². The van der Waals surface area contributed by atoms with Crippen molar-refractivity contribution in [3.05, 3.63) is 0 Å². The third-order valence-electron chi connectivity index (χ3n) is 3.48. The number of likely N-dealkylation sites (tertiary alicyclic amines) is 1. The highest BCUT2D eigenvalue weighted by Gasteiger charge is 2.18. The highest BCUT2D eigenvalue weighted by molar-refractivity contribution is 5.78. The summed E-state index contributed by atoms with van der Waals surface area (Å²) in [7, 11) is 4.03. The molecule has 1 saturated heterocycles. The first kappa shape index (κ1) is 14.4. The first-order valence-corrected chi connectivity index (χ1v) is 6.40. The molecule has 0 saturated carbocycles. The van der Waals surface area contributed by atoms with E-state index in [2.05, 4.69) is 22.0 Å². The molecule has 0 spiro atoms. The lowest BCUT2D eigenvalue weighted by Crippen LogP contribution is -2.46. The summed E-state index contributed by atoms with van der Waals surface area (Å²) in [5.41, 5.74) is 5.83. The quantitative estimate of drug-likeness (QED) is 0.681. The second-order valence-electron chi connectivity index (χ2n) is 5.23. The summed E-state index contributed by atoms with van der Waals surface area (Å²) in [6.07, 6.45) is 2.00. The molecule has 1 aliphatic heterocycles. The maximum atomic E-state index is 11.7. The first-order chi connectivity index (χ1) is 7.99. The topological polar surface area (TPSA) is 61.6 Å². The normalized spacial score (nSPS) is 20.5. The fourth-order valence-electron chi connectivity index (χ4n) is 1.81. The molecule has 0 bridgehead atoms. The summed E-state index contributed by atoms with van der Waals surface area (Å²) in [5, 5.41) is 2.97. The predicted octanol–water partition coefficient (Wildman–Crippen LogP) is -0.524. The van der Waals surface area contributed by atoms with Gasteiger partial charge in [0.1, 0.15) is 0 Å². The van der Waals surface area contributed by atoms with Crippen LogP contribution in [0.4, 0.5) is 0 Å². The minimum atomic E-state index is 0.120. The summed E-state index contributed by atoms with van der Waals surface area (Å²) < 4.78 is 0. The SMILES string of the molecule is CC(CNC(=O)CN1CCC(N)CC1)N(C)C. The van der Waals surface area contributed by atoms with Gasteiger partial charge in [-0.05, 0) is 33.9 Å². The summed E-state index contributed by atoms with van der Waals surface area (Å²) >= 11 is 0. The number of rotatable bonds is 5. The van der Waals surface area contributed by atoms with Crippen molar-refractivity contribution >= 4 is 5.91 Å². The summed E-state index contributed by atoms with van der Waals surface area (Å²) in [4.78, 5) is 16.0. The molecule has 5 nitrogen and oxygen atoms in total. The number of carbonyl (C=O) groups is 1. The molecule has 1 atom stereocenters. The highest BCUT2D eigenvalue weighted by Crippen LogP contribution is 2.07. The van der Waals surface area contributed by atoms with Crippen molar-refractivity contribution in [1.82, 2.24) is 15.1 Å². The van der Waals surface area contributed by atoms with Crippen LogP contribution < -0.4 is 11.1 Å². The molecule has 0 aromatic carbocycles. The molecule has 0 radical (unpaired) electrons. The van der Waals surface area contributed by atoms with Crippen molar-refractivity contribution in [1.29, 1.82) is 0 Å². The van der Waals surface area contributed by atoms with E-state index in [1.54, 1.807) is 0 Å². The Morgan fingerprint density at radius 2 is 2.06 bits per heavy atom. The lowest BCUT2D eigenvalue weighted by Gasteiger charge is -2.29. The monoisotopic (exact) mass is 242 g/mol. The zero-order chi connectivity index (χ0) is 12.8. The molecule has 5 heteroatoms. The number of piperidine rings is 1. The van der Waals surface area contributed by atoms with Gasteiger partial charge in [0.15, 0.2) is 0 Å². The van der Waals surface area contributed by atoms with Crippen molar-refractivity contribution in [2.24, 2.45) is 5.73 Å². The molecule has 1 rings (SSSR count). The van der Waals surface area contributed by atoms with E-state index in [0.29, 0.717) is 25.2 Å². The molecule has 1 fully saturated rings. The molecule has 0 aromatic heterocycles. The van der Waals surface area contributed by atoms with E-state index in [1.165, 1.54) is 0 Å². The number of hydrogen-bond acceptors (Lipinski definition) is 4. The van der Waals surface area contributed by atoms with E-state index < -0.39 is 0 Å². The maximum absolute atomic E-state index is 11.7. The minimum Gasteiger partial charge on any atom is -0.353 e. The number of carbonyl (C=O) groups excluding carboxylic acids is 1. The Labute approximate surface area is 104 Å². The molecule has 0 aromatic rings. The van der Waals surface area contributed by atoms with Crippen LogP contribution >= 0.6 is 0 Å². The Bertz CT molecular complexity index is 237. The zero-order valence-corrected chi connectivity index (χ0v) is 11.3. The van der Waals surface area contributed by atoms with Gasteiger partial charge in [0.25, 0.3) is 0 Å². The highest BCUT2D eigenvalue weighted by atomic mass is 16.2. The Morgan fingerprint density at radius 3 is 2.59 bits per heavy atom. The van der Waals surface area contributed by atoms with Crippen LogP contribution in [0.2, 0.25) is 0 Å². The van der Waals surface area contributed by atoms with Gasteiger partial charge in [0, 0.05) is 31.7 Å². The van der Waals surface area contributed by atoms with Crippen LogP contribution in [0.1, 0.15) is 19.8 Å². The number of amides is 1. The van der Waals surface area contributed by atoms with E-state index in [9.17, 15) is 4.79 Å². The number of nitrogens with zero attached hydrogens (tertiary/aromatic N) is 2. The van der Waals surface area contributed by atoms with E-state index in [1.807, 2.05) is 14.1 Å². The molecule has 1 unspecified atom stereocenters.